The molecule has 0 heterocycles. The van der Waals surface area contributed by atoms with Gasteiger partial charge in [-0.25, -0.2) is 0 Å². The van der Waals surface area contributed by atoms with Crippen molar-refractivity contribution in [2.75, 3.05) is 13.2 Å². The van der Waals surface area contributed by atoms with Gasteiger partial charge in [-0.05, 0) is 61.5 Å². The average molecular weight is 535 g/mol. The normalized spacial score (nSPS) is 11.9. The van der Waals surface area contributed by atoms with Crippen LogP contribution < -0.4 is 0 Å². The van der Waals surface area contributed by atoms with Crippen LogP contribution in [0.5, 0.6) is 11.5 Å². The predicted molar refractivity (Wildman–Crippen MR) is 154 cm³/mol. The van der Waals surface area contributed by atoms with Gasteiger partial charge in [-0.2, -0.15) is 0 Å². The maximum Gasteiger partial charge on any atom is 0.305 e. The molecule has 6 nitrogen and oxygen atoms in total. The van der Waals surface area contributed by atoms with E-state index in [1.807, 2.05) is 27.7 Å². The molecule has 6 heteroatoms. The van der Waals surface area contributed by atoms with E-state index in [-0.39, 0.29) is 23.4 Å². The van der Waals surface area contributed by atoms with Gasteiger partial charge in [-0.1, -0.05) is 80.1 Å². The van der Waals surface area contributed by atoms with Gasteiger partial charge in [0, 0.05) is 24.0 Å². The summed E-state index contributed by atoms with van der Waals surface area (Å²) in [5.74, 6) is -0.0296. The summed E-state index contributed by atoms with van der Waals surface area (Å²) in [5, 5.41) is 21.8. The monoisotopic (exact) mass is 534 g/mol. The molecule has 0 aliphatic heterocycles. The molecule has 0 unspecified atom stereocenters. The fourth-order valence-corrected chi connectivity index (χ4v) is 4.86. The molecule has 1 aromatic rings. The Bertz CT molecular complexity index is 843. The second-order valence-corrected chi connectivity index (χ2v) is 11.9. The van der Waals surface area contributed by atoms with Gasteiger partial charge >= 0.3 is 11.9 Å². The molecule has 0 amide bonds. The van der Waals surface area contributed by atoms with E-state index in [0.29, 0.717) is 62.9 Å². The molecule has 0 atom stereocenters. The van der Waals surface area contributed by atoms with Crippen molar-refractivity contribution in [1.29, 1.82) is 0 Å². The van der Waals surface area contributed by atoms with Crippen LogP contribution in [0.25, 0.3) is 0 Å². The molecule has 2 N–H and O–H groups in total. The number of ether oxygens (including phenoxy) is 2. The SMILES string of the molecule is CCCCCCOC(=O)CCCC(C)(C)c1cc(O)c(C(C)(C)CCCOC(=O)CCCCCC)cc1O. The van der Waals surface area contributed by atoms with Crippen molar-refractivity contribution in [3.05, 3.63) is 23.3 Å². The summed E-state index contributed by atoms with van der Waals surface area (Å²) in [6, 6.07) is 3.32. The molecule has 0 fully saturated rings. The molecule has 0 bridgehead atoms. The Morgan fingerprint density at radius 1 is 0.632 bits per heavy atom. The molecular weight excluding hydrogens is 480 g/mol. The molecule has 0 radical (unpaired) electrons. The molecule has 1 rings (SSSR count). The van der Waals surface area contributed by atoms with Crippen molar-refractivity contribution in [1.82, 2.24) is 0 Å². The number of benzene rings is 1. The van der Waals surface area contributed by atoms with Crippen LogP contribution in [-0.4, -0.2) is 35.4 Å². The minimum atomic E-state index is -0.420. The number of phenolic OH excluding ortho intramolecular Hbond substituents is 2. The van der Waals surface area contributed by atoms with Crippen LogP contribution >= 0.6 is 0 Å². The summed E-state index contributed by atoms with van der Waals surface area (Å²) in [6.07, 6.45) is 12.0. The Morgan fingerprint density at radius 3 is 1.55 bits per heavy atom. The van der Waals surface area contributed by atoms with Gasteiger partial charge in [0.05, 0.1) is 13.2 Å². The second-order valence-electron chi connectivity index (χ2n) is 11.9. The third kappa shape index (κ3) is 12.5. The van der Waals surface area contributed by atoms with Gasteiger partial charge in [0.2, 0.25) is 0 Å². The van der Waals surface area contributed by atoms with Gasteiger partial charge in [-0.3, -0.25) is 9.59 Å². The lowest BCUT2D eigenvalue weighted by molar-refractivity contribution is -0.144. The summed E-state index contributed by atoms with van der Waals surface area (Å²) < 4.78 is 10.7. The van der Waals surface area contributed by atoms with E-state index in [0.717, 1.165) is 51.4 Å². The maximum absolute atomic E-state index is 12.1. The van der Waals surface area contributed by atoms with Crippen molar-refractivity contribution < 1.29 is 29.3 Å². The third-order valence-corrected chi connectivity index (χ3v) is 7.46. The number of carbonyl (C=O) groups excluding carboxylic acids is 2. The van der Waals surface area contributed by atoms with Crippen LogP contribution in [0.1, 0.15) is 143 Å². The summed E-state index contributed by atoms with van der Waals surface area (Å²) in [6.45, 7) is 13.2. The van der Waals surface area contributed by atoms with Crippen molar-refractivity contribution in [3.8, 4) is 11.5 Å². The van der Waals surface area contributed by atoms with Crippen LogP contribution in [0.3, 0.4) is 0 Å². The van der Waals surface area contributed by atoms with Gasteiger partial charge in [0.15, 0.2) is 0 Å². The average Bonchev–Trinajstić information content (AvgIpc) is 2.85. The van der Waals surface area contributed by atoms with Crippen LogP contribution in [0.15, 0.2) is 12.1 Å². The van der Waals surface area contributed by atoms with Gasteiger partial charge in [0.1, 0.15) is 11.5 Å². The predicted octanol–water partition coefficient (Wildman–Crippen LogP) is 8.24. The zero-order chi connectivity index (χ0) is 28.6. The number of rotatable bonds is 20. The fraction of sp³-hybridized carbons (Fsp3) is 0.750. The summed E-state index contributed by atoms with van der Waals surface area (Å²) in [5.41, 5.74) is 0.516. The van der Waals surface area contributed by atoms with Crippen LogP contribution in [0.2, 0.25) is 0 Å². The number of carbonyl (C=O) groups is 2. The quantitative estimate of drug-likeness (QED) is 0.0994. The minimum absolute atomic E-state index is 0.146. The summed E-state index contributed by atoms with van der Waals surface area (Å²) in [4.78, 5) is 24.0. The highest BCUT2D eigenvalue weighted by molar-refractivity contribution is 5.69. The van der Waals surface area contributed by atoms with E-state index >= 15 is 0 Å². The Balaban J connectivity index is 2.60. The van der Waals surface area contributed by atoms with Crippen molar-refractivity contribution in [3.63, 3.8) is 0 Å². The second kappa shape index (κ2) is 17.4. The highest BCUT2D eigenvalue weighted by Gasteiger charge is 2.30. The number of hydrogen-bond donors (Lipinski definition) is 2. The van der Waals surface area contributed by atoms with Gasteiger partial charge < -0.3 is 19.7 Å². The van der Waals surface area contributed by atoms with Crippen LogP contribution in [0, 0.1) is 0 Å². The van der Waals surface area contributed by atoms with E-state index < -0.39 is 10.8 Å². The smallest absolute Gasteiger partial charge is 0.305 e. The molecule has 0 saturated carbocycles. The topological polar surface area (TPSA) is 93.1 Å². The molecule has 1 aromatic carbocycles. The molecule has 0 saturated heterocycles. The van der Waals surface area contributed by atoms with Crippen LogP contribution in [-0.2, 0) is 29.9 Å². The zero-order valence-electron chi connectivity index (χ0n) is 25.0. The van der Waals surface area contributed by atoms with Crippen molar-refractivity contribution in [2.45, 2.75) is 142 Å². The molecule has 0 spiro atoms. The molecule has 38 heavy (non-hydrogen) atoms. The first-order valence-electron chi connectivity index (χ1n) is 14.8. The maximum atomic E-state index is 12.1. The Hall–Kier alpha value is -2.24. The first-order chi connectivity index (χ1) is 17.9. The molecule has 218 valence electrons. The Morgan fingerprint density at radius 2 is 1.05 bits per heavy atom. The zero-order valence-corrected chi connectivity index (χ0v) is 25.0. The standard InChI is InChI=1S/C32H54O6/c1-7-9-11-13-17-29(35)38-22-16-20-32(5,6)26-24-27(33)25(23-28(26)34)31(3,4)19-15-18-30(36)37-21-14-12-10-8-2/h23-24,33-34H,7-22H2,1-6H3. The van der Waals surface area contributed by atoms with E-state index in [1.165, 1.54) is 0 Å². The largest absolute Gasteiger partial charge is 0.508 e. The molecule has 0 aliphatic rings. The lowest BCUT2D eigenvalue weighted by Crippen LogP contribution is -2.21. The Labute approximate surface area is 231 Å². The van der Waals surface area contributed by atoms with Gasteiger partial charge in [0.25, 0.3) is 0 Å². The molecule has 0 aromatic heterocycles. The fourth-order valence-electron chi connectivity index (χ4n) is 4.86. The number of unbranched alkanes of at least 4 members (excludes halogenated alkanes) is 6. The van der Waals surface area contributed by atoms with Crippen molar-refractivity contribution in [2.24, 2.45) is 0 Å². The number of esters is 2. The van der Waals surface area contributed by atoms with Crippen molar-refractivity contribution >= 4 is 11.9 Å². The molecular formula is C32H54O6. The first kappa shape index (κ1) is 33.8. The summed E-state index contributed by atoms with van der Waals surface area (Å²) in [7, 11) is 0. The highest BCUT2D eigenvalue weighted by Crippen LogP contribution is 2.43. The number of aromatic hydroxyl groups is 2. The lowest BCUT2D eigenvalue weighted by atomic mass is 9.75. The first-order valence-corrected chi connectivity index (χ1v) is 14.8. The van der Waals surface area contributed by atoms with E-state index in [9.17, 15) is 19.8 Å². The van der Waals surface area contributed by atoms with E-state index in [4.69, 9.17) is 9.47 Å². The Kier molecular flexibility index (Phi) is 15.4. The molecule has 0 aliphatic carbocycles. The van der Waals surface area contributed by atoms with E-state index in [2.05, 4.69) is 13.8 Å². The lowest BCUT2D eigenvalue weighted by Gasteiger charge is -2.30. The number of phenols is 2. The van der Waals surface area contributed by atoms with Gasteiger partial charge in [-0.15, -0.1) is 0 Å². The third-order valence-electron chi connectivity index (χ3n) is 7.46. The van der Waals surface area contributed by atoms with Crippen LogP contribution in [0.4, 0.5) is 0 Å². The summed E-state index contributed by atoms with van der Waals surface area (Å²) >= 11 is 0. The highest BCUT2D eigenvalue weighted by atomic mass is 16.5. The van der Waals surface area contributed by atoms with E-state index in [1.54, 1.807) is 12.1 Å². The number of hydrogen-bond acceptors (Lipinski definition) is 6. The minimum Gasteiger partial charge on any atom is -0.508 e.